The maximum absolute atomic E-state index is 13.6. The number of hydrogen-bond donors (Lipinski definition) is 1. The molecule has 0 bridgehead atoms. The number of halogens is 1. The molecule has 148 valence electrons. The minimum atomic E-state index is -0.251. The Hall–Kier alpha value is -3.21. The number of pyridine rings is 1. The van der Waals surface area contributed by atoms with E-state index >= 15 is 0 Å². The molecule has 29 heavy (non-hydrogen) atoms. The van der Waals surface area contributed by atoms with Gasteiger partial charge in [0.15, 0.2) is 0 Å². The average molecular weight is 389 g/mol. The lowest BCUT2D eigenvalue weighted by atomic mass is 9.86. The van der Waals surface area contributed by atoms with Gasteiger partial charge in [-0.05, 0) is 48.7 Å². The van der Waals surface area contributed by atoms with Crippen LogP contribution in [0.3, 0.4) is 0 Å². The van der Waals surface area contributed by atoms with Crippen LogP contribution in [0.4, 0.5) is 10.1 Å². The Morgan fingerprint density at radius 2 is 1.97 bits per heavy atom. The Morgan fingerprint density at radius 3 is 2.72 bits per heavy atom. The zero-order chi connectivity index (χ0) is 20.1. The lowest BCUT2D eigenvalue weighted by molar-refractivity contribution is 0.0660. The van der Waals surface area contributed by atoms with E-state index in [4.69, 9.17) is 0 Å². The van der Waals surface area contributed by atoms with Crippen LogP contribution in [-0.4, -0.2) is 34.9 Å². The summed E-state index contributed by atoms with van der Waals surface area (Å²) in [5.74, 6) is -0.0193. The number of hydrogen-bond acceptors (Lipinski definition) is 3. The largest absolute Gasteiger partial charge is 0.382 e. The molecule has 1 aromatic heterocycles. The quantitative estimate of drug-likeness (QED) is 0.703. The Labute approximate surface area is 170 Å². The Kier molecular flexibility index (Phi) is 5.84. The molecule has 0 unspecified atom stereocenters. The van der Waals surface area contributed by atoms with Crippen LogP contribution in [0, 0.1) is 11.7 Å². The van der Waals surface area contributed by atoms with Gasteiger partial charge in [-0.2, -0.15) is 0 Å². The van der Waals surface area contributed by atoms with Crippen LogP contribution in [0.2, 0.25) is 0 Å². The molecule has 0 radical (unpaired) electrons. The number of nitrogens with zero attached hydrogens (tertiary/aromatic N) is 2. The standard InChI is InChI=1S/C24H24FN3O/c25-21-9-4-10-22(15-21)27-23-11-13-28(24(29)19-8-5-12-26-16-19)17-20(23)14-18-6-2-1-3-7-18/h1-10,12,15-16,20,23,27H,11,13-14,17H2/t20-,23+/m0/s1. The van der Waals surface area contributed by atoms with Crippen LogP contribution < -0.4 is 5.32 Å². The number of benzene rings is 2. The first-order chi connectivity index (χ1) is 14.2. The number of amides is 1. The third-order valence-electron chi connectivity index (χ3n) is 5.45. The Bertz CT molecular complexity index is 949. The normalized spacial score (nSPS) is 19.0. The molecule has 1 N–H and O–H groups in total. The predicted octanol–water partition coefficient (Wildman–Crippen LogP) is 4.41. The van der Waals surface area contributed by atoms with Crippen molar-refractivity contribution in [2.45, 2.75) is 18.9 Å². The van der Waals surface area contributed by atoms with E-state index in [-0.39, 0.29) is 23.7 Å². The number of rotatable bonds is 5. The highest BCUT2D eigenvalue weighted by Gasteiger charge is 2.32. The van der Waals surface area contributed by atoms with E-state index in [1.807, 2.05) is 29.2 Å². The number of aromatic nitrogens is 1. The summed E-state index contributed by atoms with van der Waals surface area (Å²) < 4.78 is 13.6. The molecule has 4 nitrogen and oxygen atoms in total. The SMILES string of the molecule is O=C(c1cccnc1)N1CC[C@@H](Nc2cccc(F)c2)[C@@H](Cc2ccccc2)C1. The van der Waals surface area contributed by atoms with Gasteiger partial charge in [0.05, 0.1) is 5.56 Å². The molecule has 1 amide bonds. The summed E-state index contributed by atoms with van der Waals surface area (Å²) in [6, 6.07) is 20.6. The molecule has 4 rings (SSSR count). The lowest BCUT2D eigenvalue weighted by Gasteiger charge is -2.39. The highest BCUT2D eigenvalue weighted by molar-refractivity contribution is 5.94. The number of anilines is 1. The molecule has 2 heterocycles. The van der Waals surface area contributed by atoms with E-state index in [1.165, 1.54) is 17.7 Å². The van der Waals surface area contributed by atoms with Crippen LogP contribution in [-0.2, 0) is 6.42 Å². The van der Waals surface area contributed by atoms with Gasteiger partial charge in [0.2, 0.25) is 0 Å². The molecule has 1 aliphatic rings. The molecule has 0 aliphatic carbocycles. The first-order valence-corrected chi connectivity index (χ1v) is 9.94. The van der Waals surface area contributed by atoms with Crippen molar-refractivity contribution in [3.63, 3.8) is 0 Å². The summed E-state index contributed by atoms with van der Waals surface area (Å²) in [6.45, 7) is 1.31. The molecular weight excluding hydrogens is 365 g/mol. The van der Waals surface area contributed by atoms with Crippen LogP contribution in [0.25, 0.3) is 0 Å². The van der Waals surface area contributed by atoms with Crippen LogP contribution in [0.1, 0.15) is 22.3 Å². The zero-order valence-corrected chi connectivity index (χ0v) is 16.2. The monoisotopic (exact) mass is 389 g/mol. The van der Waals surface area contributed by atoms with E-state index in [0.29, 0.717) is 18.7 Å². The average Bonchev–Trinajstić information content (AvgIpc) is 2.76. The third-order valence-corrected chi connectivity index (χ3v) is 5.45. The highest BCUT2D eigenvalue weighted by Crippen LogP contribution is 2.26. The minimum Gasteiger partial charge on any atom is -0.382 e. The molecule has 1 fully saturated rings. The second-order valence-corrected chi connectivity index (χ2v) is 7.49. The fourth-order valence-electron chi connectivity index (χ4n) is 3.99. The van der Waals surface area contributed by atoms with Crippen LogP contribution >= 0.6 is 0 Å². The lowest BCUT2D eigenvalue weighted by Crippen LogP contribution is -2.49. The molecule has 5 heteroatoms. The zero-order valence-electron chi connectivity index (χ0n) is 16.2. The van der Waals surface area contributed by atoms with Gasteiger partial charge >= 0.3 is 0 Å². The van der Waals surface area contributed by atoms with Gasteiger partial charge in [-0.3, -0.25) is 9.78 Å². The third kappa shape index (κ3) is 4.80. The van der Waals surface area contributed by atoms with E-state index in [1.54, 1.807) is 30.6 Å². The molecule has 0 saturated carbocycles. The fourth-order valence-corrected chi connectivity index (χ4v) is 3.99. The predicted molar refractivity (Wildman–Crippen MR) is 112 cm³/mol. The maximum Gasteiger partial charge on any atom is 0.255 e. The van der Waals surface area contributed by atoms with Gasteiger partial charge in [-0.15, -0.1) is 0 Å². The van der Waals surface area contributed by atoms with Crippen molar-refractivity contribution >= 4 is 11.6 Å². The van der Waals surface area contributed by atoms with Crippen LogP contribution in [0.5, 0.6) is 0 Å². The first-order valence-electron chi connectivity index (χ1n) is 9.94. The van der Waals surface area contributed by atoms with Gasteiger partial charge in [-0.25, -0.2) is 4.39 Å². The van der Waals surface area contributed by atoms with E-state index in [0.717, 1.165) is 18.5 Å². The van der Waals surface area contributed by atoms with Crippen molar-refractivity contribution < 1.29 is 9.18 Å². The van der Waals surface area contributed by atoms with Gasteiger partial charge in [0.25, 0.3) is 5.91 Å². The van der Waals surface area contributed by atoms with Crippen molar-refractivity contribution in [2.75, 3.05) is 18.4 Å². The number of nitrogens with one attached hydrogen (secondary N) is 1. The molecule has 0 spiro atoms. The van der Waals surface area contributed by atoms with Crippen molar-refractivity contribution in [1.29, 1.82) is 0 Å². The van der Waals surface area contributed by atoms with Crippen molar-refractivity contribution in [1.82, 2.24) is 9.88 Å². The molecule has 2 aromatic carbocycles. The summed E-state index contributed by atoms with van der Waals surface area (Å²) in [5, 5.41) is 3.50. The van der Waals surface area contributed by atoms with Gasteiger partial charge in [0, 0.05) is 43.1 Å². The fraction of sp³-hybridized carbons (Fsp3) is 0.250. The number of carbonyl (C=O) groups is 1. The van der Waals surface area contributed by atoms with E-state index < -0.39 is 0 Å². The Balaban J connectivity index is 1.53. The highest BCUT2D eigenvalue weighted by atomic mass is 19.1. The Morgan fingerprint density at radius 1 is 1.10 bits per heavy atom. The first kappa shape index (κ1) is 19.1. The smallest absolute Gasteiger partial charge is 0.255 e. The molecule has 2 atom stereocenters. The number of piperidine rings is 1. The summed E-state index contributed by atoms with van der Waals surface area (Å²) >= 11 is 0. The van der Waals surface area contributed by atoms with Gasteiger partial charge in [0.1, 0.15) is 5.82 Å². The van der Waals surface area contributed by atoms with Crippen molar-refractivity contribution in [2.24, 2.45) is 5.92 Å². The van der Waals surface area contributed by atoms with E-state index in [9.17, 15) is 9.18 Å². The summed E-state index contributed by atoms with van der Waals surface area (Å²) in [4.78, 5) is 18.9. The topological polar surface area (TPSA) is 45.2 Å². The number of carbonyl (C=O) groups excluding carboxylic acids is 1. The maximum atomic E-state index is 13.6. The molecular formula is C24H24FN3O. The minimum absolute atomic E-state index is 0.0142. The van der Waals surface area contributed by atoms with Crippen molar-refractivity contribution in [3.05, 3.63) is 96.1 Å². The summed E-state index contributed by atoms with van der Waals surface area (Å²) in [6.07, 6.45) is 4.94. The summed E-state index contributed by atoms with van der Waals surface area (Å²) in [5.41, 5.74) is 2.63. The van der Waals surface area contributed by atoms with Crippen LogP contribution in [0.15, 0.2) is 79.1 Å². The van der Waals surface area contributed by atoms with Gasteiger partial charge in [-0.1, -0.05) is 36.4 Å². The van der Waals surface area contributed by atoms with Gasteiger partial charge < -0.3 is 10.2 Å². The number of likely N-dealkylation sites (tertiary alicyclic amines) is 1. The van der Waals surface area contributed by atoms with Crippen molar-refractivity contribution in [3.8, 4) is 0 Å². The second kappa shape index (κ2) is 8.86. The molecule has 3 aromatic rings. The summed E-state index contributed by atoms with van der Waals surface area (Å²) in [7, 11) is 0. The second-order valence-electron chi connectivity index (χ2n) is 7.49. The molecule has 1 saturated heterocycles. The van der Waals surface area contributed by atoms with E-state index in [2.05, 4.69) is 22.4 Å². The molecule has 1 aliphatic heterocycles.